The summed E-state index contributed by atoms with van der Waals surface area (Å²) in [6.07, 6.45) is 0.524. The van der Waals surface area contributed by atoms with Crippen molar-refractivity contribution in [3.8, 4) is 5.75 Å². The number of carbonyl (C=O) groups excluding carboxylic acids is 2. The highest BCUT2D eigenvalue weighted by Gasteiger charge is 2.06. The molecule has 3 N–H and O–H groups in total. The molecule has 0 saturated heterocycles. The molecule has 0 aromatic heterocycles. The third-order valence-corrected chi connectivity index (χ3v) is 3.60. The summed E-state index contributed by atoms with van der Waals surface area (Å²) in [6, 6.07) is 13.0. The fraction of sp³-hybridized carbons (Fsp3) is 0.263. The topological polar surface area (TPSA) is 79.5 Å². The summed E-state index contributed by atoms with van der Waals surface area (Å²) >= 11 is 0. The number of rotatable bonds is 8. The highest BCUT2D eigenvalue weighted by molar-refractivity contribution is 5.92. The molecular formula is C19H21F2N3O3. The first-order chi connectivity index (χ1) is 12.9. The minimum absolute atomic E-state index is 0.0848. The number of amides is 3. The van der Waals surface area contributed by atoms with Crippen LogP contribution in [0.2, 0.25) is 0 Å². The quantitative estimate of drug-likeness (QED) is 0.661. The standard InChI is InChI=1S/C19H21F2N3O3/c1-13-2-6-15(7-3-13)24-19(26)23-12-17(25)22-11-10-14-4-8-16(9-5-14)27-18(20)21/h2-9,18H,10-12H2,1H3,(H,22,25)(H2,23,24,26). The van der Waals surface area contributed by atoms with Crippen LogP contribution in [0.1, 0.15) is 11.1 Å². The van der Waals surface area contributed by atoms with Crippen LogP contribution in [0.15, 0.2) is 48.5 Å². The molecule has 2 aromatic carbocycles. The van der Waals surface area contributed by atoms with E-state index >= 15 is 0 Å². The lowest BCUT2D eigenvalue weighted by molar-refractivity contribution is -0.120. The van der Waals surface area contributed by atoms with Gasteiger partial charge in [0.15, 0.2) is 0 Å². The van der Waals surface area contributed by atoms with Crippen LogP contribution in [0.25, 0.3) is 0 Å². The van der Waals surface area contributed by atoms with E-state index < -0.39 is 12.6 Å². The average molecular weight is 377 g/mol. The van der Waals surface area contributed by atoms with Gasteiger partial charge in [-0.25, -0.2) is 4.79 Å². The molecule has 6 nitrogen and oxygen atoms in total. The molecule has 144 valence electrons. The highest BCUT2D eigenvalue weighted by atomic mass is 19.3. The normalized spacial score (nSPS) is 10.4. The Morgan fingerprint density at radius 3 is 2.30 bits per heavy atom. The van der Waals surface area contributed by atoms with Crippen molar-refractivity contribution in [1.82, 2.24) is 10.6 Å². The van der Waals surface area contributed by atoms with Gasteiger partial charge in [-0.05, 0) is 43.2 Å². The molecule has 0 heterocycles. The zero-order chi connectivity index (χ0) is 19.6. The van der Waals surface area contributed by atoms with Crippen LogP contribution in [0.3, 0.4) is 0 Å². The first-order valence-electron chi connectivity index (χ1n) is 8.34. The van der Waals surface area contributed by atoms with Crippen LogP contribution in [-0.2, 0) is 11.2 Å². The molecule has 0 atom stereocenters. The first-order valence-corrected chi connectivity index (χ1v) is 8.34. The maximum Gasteiger partial charge on any atom is 0.387 e. The van der Waals surface area contributed by atoms with Crippen LogP contribution in [0.4, 0.5) is 19.3 Å². The molecule has 0 aliphatic rings. The minimum Gasteiger partial charge on any atom is -0.435 e. The second-order valence-corrected chi connectivity index (χ2v) is 5.80. The lowest BCUT2D eigenvalue weighted by Gasteiger charge is -2.09. The monoisotopic (exact) mass is 377 g/mol. The van der Waals surface area contributed by atoms with E-state index in [9.17, 15) is 18.4 Å². The Balaban J connectivity index is 1.64. The Hall–Kier alpha value is -3.16. The van der Waals surface area contributed by atoms with Gasteiger partial charge < -0.3 is 20.7 Å². The number of carbonyl (C=O) groups is 2. The van der Waals surface area contributed by atoms with Crippen LogP contribution in [0, 0.1) is 6.92 Å². The molecule has 0 bridgehead atoms. The Morgan fingerprint density at radius 1 is 1.00 bits per heavy atom. The molecule has 0 aliphatic carbocycles. The maximum absolute atomic E-state index is 12.1. The van der Waals surface area contributed by atoms with Crippen LogP contribution >= 0.6 is 0 Å². The molecule has 2 aromatic rings. The third kappa shape index (κ3) is 7.72. The van der Waals surface area contributed by atoms with Gasteiger partial charge in [-0.2, -0.15) is 8.78 Å². The van der Waals surface area contributed by atoms with Crippen molar-refractivity contribution in [3.05, 3.63) is 59.7 Å². The molecule has 0 saturated carbocycles. The van der Waals surface area contributed by atoms with Gasteiger partial charge in [-0.3, -0.25) is 4.79 Å². The van der Waals surface area contributed by atoms with Crippen molar-refractivity contribution in [2.24, 2.45) is 0 Å². The molecule has 8 heteroatoms. The molecule has 0 spiro atoms. The molecule has 3 amide bonds. The first kappa shape index (κ1) is 20.2. The van der Waals surface area contributed by atoms with E-state index in [1.54, 1.807) is 24.3 Å². The second kappa shape index (κ2) is 10.1. The predicted octanol–water partition coefficient (Wildman–Crippen LogP) is 3.08. The fourth-order valence-electron chi connectivity index (χ4n) is 2.22. The van der Waals surface area contributed by atoms with Crippen molar-refractivity contribution in [3.63, 3.8) is 0 Å². The number of urea groups is 1. The summed E-state index contributed by atoms with van der Waals surface area (Å²) in [6.45, 7) is -0.709. The summed E-state index contributed by atoms with van der Waals surface area (Å²) in [5, 5.41) is 7.77. The largest absolute Gasteiger partial charge is 0.435 e. The third-order valence-electron chi connectivity index (χ3n) is 3.60. The van der Waals surface area contributed by atoms with Crippen LogP contribution in [0.5, 0.6) is 5.75 Å². The van der Waals surface area contributed by atoms with Gasteiger partial charge in [0.25, 0.3) is 0 Å². The SMILES string of the molecule is Cc1ccc(NC(=O)NCC(=O)NCCc2ccc(OC(F)F)cc2)cc1. The van der Waals surface area contributed by atoms with Crippen LogP contribution in [-0.4, -0.2) is 31.6 Å². The van der Waals surface area contributed by atoms with Crippen molar-refractivity contribution < 1.29 is 23.1 Å². The summed E-state index contributed by atoms with van der Waals surface area (Å²) < 4.78 is 28.4. The number of anilines is 1. The molecule has 0 unspecified atom stereocenters. The minimum atomic E-state index is -2.86. The zero-order valence-corrected chi connectivity index (χ0v) is 14.8. The summed E-state index contributed by atoms with van der Waals surface area (Å²) in [7, 11) is 0. The van der Waals surface area contributed by atoms with Gasteiger partial charge in [0.1, 0.15) is 5.75 Å². The number of halogens is 2. The summed E-state index contributed by atoms with van der Waals surface area (Å²) in [5.41, 5.74) is 2.58. The van der Waals surface area contributed by atoms with Crippen molar-refractivity contribution in [2.75, 3.05) is 18.4 Å². The smallest absolute Gasteiger partial charge is 0.387 e. The van der Waals surface area contributed by atoms with Gasteiger partial charge in [-0.15, -0.1) is 0 Å². The second-order valence-electron chi connectivity index (χ2n) is 5.80. The van der Waals surface area contributed by atoms with E-state index in [2.05, 4.69) is 20.7 Å². The van der Waals surface area contributed by atoms with E-state index in [1.807, 2.05) is 19.1 Å². The van der Waals surface area contributed by atoms with Crippen molar-refractivity contribution in [1.29, 1.82) is 0 Å². The van der Waals surface area contributed by atoms with E-state index in [1.165, 1.54) is 12.1 Å². The van der Waals surface area contributed by atoms with E-state index in [-0.39, 0.29) is 18.2 Å². The maximum atomic E-state index is 12.1. The van der Waals surface area contributed by atoms with E-state index in [0.717, 1.165) is 11.1 Å². The van der Waals surface area contributed by atoms with Gasteiger partial charge >= 0.3 is 12.6 Å². The number of ether oxygens (including phenoxy) is 1. The number of alkyl halides is 2. The van der Waals surface area contributed by atoms with Gasteiger partial charge in [-0.1, -0.05) is 29.8 Å². The fourth-order valence-corrected chi connectivity index (χ4v) is 2.22. The molecular weight excluding hydrogens is 356 g/mol. The number of aryl methyl sites for hydroxylation is 1. The Labute approximate surface area is 155 Å². The number of hydrogen-bond acceptors (Lipinski definition) is 3. The summed E-state index contributed by atoms with van der Waals surface area (Å²) in [4.78, 5) is 23.5. The van der Waals surface area contributed by atoms with Gasteiger partial charge in [0, 0.05) is 12.2 Å². The van der Waals surface area contributed by atoms with E-state index in [4.69, 9.17) is 0 Å². The molecule has 27 heavy (non-hydrogen) atoms. The molecule has 0 fully saturated rings. The number of nitrogens with one attached hydrogen (secondary N) is 3. The van der Waals surface area contributed by atoms with Crippen LogP contribution < -0.4 is 20.7 Å². The lowest BCUT2D eigenvalue weighted by atomic mass is 10.1. The van der Waals surface area contributed by atoms with Crippen molar-refractivity contribution in [2.45, 2.75) is 20.0 Å². The van der Waals surface area contributed by atoms with Crippen molar-refractivity contribution >= 4 is 17.6 Å². The van der Waals surface area contributed by atoms with Gasteiger partial charge in [0.2, 0.25) is 5.91 Å². The Bertz CT molecular complexity index is 750. The average Bonchev–Trinajstić information content (AvgIpc) is 2.63. The predicted molar refractivity (Wildman–Crippen MR) is 98.0 cm³/mol. The molecule has 2 rings (SSSR count). The lowest BCUT2D eigenvalue weighted by Crippen LogP contribution is -2.39. The molecule has 0 aliphatic heterocycles. The van der Waals surface area contributed by atoms with E-state index in [0.29, 0.717) is 18.7 Å². The van der Waals surface area contributed by atoms with Gasteiger partial charge in [0.05, 0.1) is 6.54 Å². The molecule has 0 radical (unpaired) electrons. The Kier molecular flexibility index (Phi) is 7.54. The highest BCUT2D eigenvalue weighted by Crippen LogP contribution is 2.15. The summed E-state index contributed by atoms with van der Waals surface area (Å²) in [5.74, 6) is -0.242. The number of hydrogen-bond donors (Lipinski definition) is 3. The number of benzene rings is 2. The Morgan fingerprint density at radius 2 is 1.67 bits per heavy atom. The zero-order valence-electron chi connectivity index (χ0n) is 14.8.